The van der Waals surface area contributed by atoms with Gasteiger partial charge in [-0.3, -0.25) is 4.90 Å². The smallest absolute Gasteiger partial charge is 0.180 e. The van der Waals surface area contributed by atoms with Crippen LogP contribution in [0, 0.1) is 0 Å². The first-order valence-electron chi connectivity index (χ1n) is 8.82. The summed E-state index contributed by atoms with van der Waals surface area (Å²) in [6.07, 6.45) is 6.87. The largest absolute Gasteiger partial charge is 0.451 e. The molecule has 8 heteroatoms. The van der Waals surface area contributed by atoms with E-state index in [1.54, 1.807) is 6.26 Å². The predicted octanol–water partition coefficient (Wildman–Crippen LogP) is 1.70. The Labute approximate surface area is 145 Å². The molecule has 1 aliphatic heterocycles. The van der Waals surface area contributed by atoms with E-state index < -0.39 is 0 Å². The quantitative estimate of drug-likeness (QED) is 0.700. The van der Waals surface area contributed by atoms with Crippen LogP contribution in [0.2, 0.25) is 0 Å². The van der Waals surface area contributed by atoms with Crippen molar-refractivity contribution in [1.29, 1.82) is 0 Å². The monoisotopic (exact) mass is 339 g/mol. The van der Waals surface area contributed by atoms with Crippen molar-refractivity contribution in [2.45, 2.75) is 37.8 Å². The molecule has 0 N–H and O–H groups in total. The molecule has 0 bridgehead atoms. The van der Waals surface area contributed by atoms with Crippen molar-refractivity contribution in [2.75, 3.05) is 25.0 Å². The molecule has 3 aromatic rings. The summed E-state index contributed by atoms with van der Waals surface area (Å²) in [4.78, 5) is 8.80. The molecule has 0 aromatic carbocycles. The van der Waals surface area contributed by atoms with Crippen LogP contribution in [0.1, 0.15) is 36.7 Å². The van der Waals surface area contributed by atoms with Gasteiger partial charge < -0.3 is 9.32 Å². The maximum absolute atomic E-state index is 5.04. The third kappa shape index (κ3) is 2.57. The lowest BCUT2D eigenvalue weighted by Crippen LogP contribution is -2.58. The number of oxazole rings is 1. The number of aromatic nitrogens is 5. The lowest BCUT2D eigenvalue weighted by molar-refractivity contribution is 0.194. The number of hydrogen-bond donors (Lipinski definition) is 0. The summed E-state index contributed by atoms with van der Waals surface area (Å²) >= 11 is 0. The van der Waals surface area contributed by atoms with Crippen LogP contribution >= 0.6 is 0 Å². The van der Waals surface area contributed by atoms with Crippen molar-refractivity contribution in [3.63, 3.8) is 0 Å². The van der Waals surface area contributed by atoms with E-state index in [4.69, 9.17) is 9.52 Å². The number of hydrogen-bond acceptors (Lipinski definition) is 7. The summed E-state index contributed by atoms with van der Waals surface area (Å²) in [5, 5.41) is 13.4. The molecule has 2 aliphatic rings. The van der Waals surface area contributed by atoms with Gasteiger partial charge in [0.05, 0.1) is 5.69 Å². The maximum atomic E-state index is 5.04. The van der Waals surface area contributed by atoms with Crippen LogP contribution in [0.5, 0.6) is 0 Å². The third-order valence-electron chi connectivity index (χ3n) is 5.45. The van der Waals surface area contributed by atoms with Crippen molar-refractivity contribution in [1.82, 2.24) is 29.7 Å². The predicted molar refractivity (Wildman–Crippen MR) is 91.3 cm³/mol. The van der Waals surface area contributed by atoms with Gasteiger partial charge in [0.25, 0.3) is 0 Å². The van der Waals surface area contributed by atoms with Crippen LogP contribution in [-0.2, 0) is 6.54 Å². The van der Waals surface area contributed by atoms with Crippen molar-refractivity contribution in [3.8, 4) is 0 Å². The molecule has 0 spiro atoms. The molecule has 1 aliphatic carbocycles. The van der Waals surface area contributed by atoms with Gasteiger partial charge in [-0.1, -0.05) is 6.42 Å². The molecule has 0 atom stereocenters. The molecule has 4 heterocycles. The topological polar surface area (TPSA) is 75.6 Å². The average Bonchev–Trinajstić information content (AvgIpc) is 3.14. The standard InChI is InChI=1S/C17H21N7O/c1-22(7-13-10-25-11-18-13)14-8-23(9-14)16-6-5-15-19-20-17(24(15)21-16)12-3-2-4-12/h5-6,10-12,14H,2-4,7-9H2,1H3. The number of rotatable bonds is 5. The zero-order valence-electron chi connectivity index (χ0n) is 14.2. The zero-order valence-corrected chi connectivity index (χ0v) is 14.2. The highest BCUT2D eigenvalue weighted by molar-refractivity contribution is 5.48. The van der Waals surface area contributed by atoms with Gasteiger partial charge >= 0.3 is 0 Å². The Morgan fingerprint density at radius 2 is 2.12 bits per heavy atom. The van der Waals surface area contributed by atoms with Gasteiger partial charge in [-0.15, -0.1) is 15.3 Å². The third-order valence-corrected chi connectivity index (χ3v) is 5.45. The number of nitrogens with zero attached hydrogens (tertiary/aromatic N) is 7. The van der Waals surface area contributed by atoms with Gasteiger partial charge in [0, 0.05) is 31.6 Å². The molecule has 0 amide bonds. The molecule has 5 rings (SSSR count). The molecular formula is C17H21N7O. The highest BCUT2D eigenvalue weighted by atomic mass is 16.3. The Balaban J connectivity index is 1.28. The van der Waals surface area contributed by atoms with Gasteiger partial charge in [0.15, 0.2) is 17.9 Å². The van der Waals surface area contributed by atoms with Crippen molar-refractivity contribution < 1.29 is 4.42 Å². The van der Waals surface area contributed by atoms with E-state index >= 15 is 0 Å². The first-order valence-corrected chi connectivity index (χ1v) is 8.82. The SMILES string of the molecule is CN(Cc1cocn1)C1CN(c2ccc3nnc(C4CCC4)n3n2)C1. The first-order chi connectivity index (χ1) is 12.3. The number of likely N-dealkylation sites (N-methyl/N-ethyl adjacent to an activating group) is 1. The molecular weight excluding hydrogens is 318 g/mol. The fraction of sp³-hybridized carbons (Fsp3) is 0.529. The summed E-state index contributed by atoms with van der Waals surface area (Å²) < 4.78 is 6.98. The highest BCUT2D eigenvalue weighted by Gasteiger charge is 2.32. The Bertz CT molecular complexity index is 864. The Morgan fingerprint density at radius 3 is 2.84 bits per heavy atom. The molecule has 1 saturated heterocycles. The van der Waals surface area contributed by atoms with Crippen LogP contribution in [0.15, 0.2) is 29.2 Å². The Kier molecular flexibility index (Phi) is 3.44. The second kappa shape index (κ2) is 5.80. The lowest BCUT2D eigenvalue weighted by atomic mass is 9.85. The zero-order chi connectivity index (χ0) is 16.8. The van der Waals surface area contributed by atoms with E-state index in [1.807, 2.05) is 16.6 Å². The first kappa shape index (κ1) is 14.8. The summed E-state index contributed by atoms with van der Waals surface area (Å²) in [6, 6.07) is 4.56. The normalized spacial score (nSPS) is 18.7. The van der Waals surface area contributed by atoms with E-state index in [2.05, 4.69) is 32.0 Å². The Hall–Kier alpha value is -2.48. The lowest BCUT2D eigenvalue weighted by Gasteiger charge is -2.44. The fourth-order valence-corrected chi connectivity index (χ4v) is 3.51. The Morgan fingerprint density at radius 1 is 1.24 bits per heavy atom. The second-order valence-electron chi connectivity index (χ2n) is 7.10. The van der Waals surface area contributed by atoms with Crippen LogP contribution in [0.3, 0.4) is 0 Å². The molecule has 3 aromatic heterocycles. The summed E-state index contributed by atoms with van der Waals surface area (Å²) in [6.45, 7) is 2.74. The second-order valence-corrected chi connectivity index (χ2v) is 7.10. The van der Waals surface area contributed by atoms with E-state index in [-0.39, 0.29) is 0 Å². The van der Waals surface area contributed by atoms with Gasteiger partial charge in [-0.25, -0.2) is 4.98 Å². The van der Waals surface area contributed by atoms with E-state index in [0.717, 1.165) is 42.6 Å². The summed E-state index contributed by atoms with van der Waals surface area (Å²) in [5.41, 5.74) is 1.81. The van der Waals surface area contributed by atoms with Gasteiger partial charge in [-0.2, -0.15) is 4.52 Å². The van der Waals surface area contributed by atoms with Crippen molar-refractivity contribution >= 4 is 11.5 Å². The number of fused-ring (bicyclic) bond motifs is 1. The van der Waals surface area contributed by atoms with Crippen LogP contribution in [0.4, 0.5) is 5.82 Å². The van der Waals surface area contributed by atoms with Crippen molar-refractivity contribution in [2.24, 2.45) is 0 Å². The summed E-state index contributed by atoms with van der Waals surface area (Å²) in [7, 11) is 2.13. The molecule has 0 radical (unpaired) electrons. The molecule has 2 fully saturated rings. The van der Waals surface area contributed by atoms with Crippen molar-refractivity contribution in [3.05, 3.63) is 36.3 Å². The average molecular weight is 339 g/mol. The minimum Gasteiger partial charge on any atom is -0.451 e. The fourth-order valence-electron chi connectivity index (χ4n) is 3.51. The minimum absolute atomic E-state index is 0.501. The minimum atomic E-state index is 0.501. The number of anilines is 1. The molecule has 0 unspecified atom stereocenters. The van der Waals surface area contributed by atoms with Crippen LogP contribution in [-0.4, -0.2) is 55.9 Å². The molecule has 1 saturated carbocycles. The molecule has 130 valence electrons. The van der Waals surface area contributed by atoms with Crippen LogP contribution < -0.4 is 4.90 Å². The van der Waals surface area contributed by atoms with E-state index in [1.165, 1.54) is 25.7 Å². The highest BCUT2D eigenvalue weighted by Crippen LogP contribution is 2.35. The van der Waals surface area contributed by atoms with E-state index in [0.29, 0.717) is 12.0 Å². The molecule has 8 nitrogen and oxygen atoms in total. The molecule has 25 heavy (non-hydrogen) atoms. The van der Waals surface area contributed by atoms with E-state index in [9.17, 15) is 0 Å². The maximum Gasteiger partial charge on any atom is 0.180 e. The van der Waals surface area contributed by atoms with Gasteiger partial charge in [-0.05, 0) is 32.0 Å². The van der Waals surface area contributed by atoms with Crippen LogP contribution in [0.25, 0.3) is 5.65 Å². The summed E-state index contributed by atoms with van der Waals surface area (Å²) in [5.74, 6) is 2.54. The van der Waals surface area contributed by atoms with Gasteiger partial charge in [0.1, 0.15) is 12.1 Å². The van der Waals surface area contributed by atoms with Gasteiger partial charge in [0.2, 0.25) is 0 Å².